The summed E-state index contributed by atoms with van der Waals surface area (Å²) in [6.45, 7) is 0.675. The Kier molecular flexibility index (Phi) is 5.31. The molecule has 1 fully saturated rings. The normalized spacial score (nSPS) is 25.4. The molecule has 1 aliphatic heterocycles. The third-order valence-electron chi connectivity index (χ3n) is 3.87. The zero-order valence-corrected chi connectivity index (χ0v) is 12.1. The van der Waals surface area contributed by atoms with Crippen molar-refractivity contribution < 1.29 is 27.8 Å². The van der Waals surface area contributed by atoms with Crippen LogP contribution in [-0.2, 0) is 10.3 Å². The highest BCUT2D eigenvalue weighted by molar-refractivity contribution is 5.33. The van der Waals surface area contributed by atoms with Crippen molar-refractivity contribution in [1.82, 2.24) is 0 Å². The highest BCUT2D eigenvalue weighted by Gasteiger charge is 2.41. The molecule has 0 aliphatic carbocycles. The molecule has 2 unspecified atom stereocenters. The maximum Gasteiger partial charge on any atom is 0.389 e. The number of rotatable bonds is 6. The number of nitrogens with two attached hydrogens (primary N) is 1. The smallest absolute Gasteiger partial charge is 0.389 e. The molecule has 7 heteroatoms. The molecular formula is C15H20F3NO3. The van der Waals surface area contributed by atoms with Crippen LogP contribution in [0.15, 0.2) is 24.3 Å². The third kappa shape index (κ3) is 4.12. The highest BCUT2D eigenvalue weighted by Crippen LogP contribution is 2.33. The van der Waals surface area contributed by atoms with Crippen molar-refractivity contribution in [3.63, 3.8) is 0 Å². The number of alkyl halides is 3. The first kappa shape index (κ1) is 17.1. The number of halogens is 3. The van der Waals surface area contributed by atoms with Crippen LogP contribution < -0.4 is 10.5 Å². The first-order valence-electron chi connectivity index (χ1n) is 7.13. The summed E-state index contributed by atoms with van der Waals surface area (Å²) in [5, 5.41) is 9.35. The Morgan fingerprint density at radius 3 is 2.59 bits per heavy atom. The van der Waals surface area contributed by atoms with E-state index >= 15 is 0 Å². The molecule has 2 rings (SSSR count). The summed E-state index contributed by atoms with van der Waals surface area (Å²) < 4.78 is 46.7. The fraction of sp³-hybridized carbons (Fsp3) is 0.600. The standard InChI is InChI=1S/C15H20F3NO3/c16-15(17,18)6-1-7-22-13-4-2-11(3-5-13)14(19)10-21-9-12(14)8-20/h2-5,12,20H,1,6-10,19H2. The monoisotopic (exact) mass is 319 g/mol. The molecule has 1 aromatic carbocycles. The van der Waals surface area contributed by atoms with E-state index in [1.54, 1.807) is 24.3 Å². The molecule has 0 radical (unpaired) electrons. The van der Waals surface area contributed by atoms with Crippen LogP contribution in [0.2, 0.25) is 0 Å². The molecule has 1 aromatic rings. The zero-order chi connectivity index (χ0) is 16.2. The van der Waals surface area contributed by atoms with Gasteiger partial charge in [-0.25, -0.2) is 0 Å². The van der Waals surface area contributed by atoms with Gasteiger partial charge in [-0.15, -0.1) is 0 Å². The van der Waals surface area contributed by atoms with Crippen LogP contribution in [0, 0.1) is 5.92 Å². The lowest BCUT2D eigenvalue weighted by Crippen LogP contribution is -2.45. The molecule has 22 heavy (non-hydrogen) atoms. The summed E-state index contributed by atoms with van der Waals surface area (Å²) in [5.41, 5.74) is 6.37. The van der Waals surface area contributed by atoms with Crippen LogP contribution in [0.1, 0.15) is 18.4 Å². The molecular weight excluding hydrogens is 299 g/mol. The van der Waals surface area contributed by atoms with Gasteiger partial charge >= 0.3 is 6.18 Å². The topological polar surface area (TPSA) is 64.7 Å². The van der Waals surface area contributed by atoms with E-state index in [1.165, 1.54) is 0 Å². The molecule has 0 amide bonds. The minimum atomic E-state index is -4.15. The van der Waals surface area contributed by atoms with E-state index in [2.05, 4.69) is 0 Å². The van der Waals surface area contributed by atoms with Crippen molar-refractivity contribution in [2.75, 3.05) is 26.4 Å². The lowest BCUT2D eigenvalue weighted by molar-refractivity contribution is -0.136. The van der Waals surface area contributed by atoms with Gasteiger partial charge in [-0.05, 0) is 24.1 Å². The molecule has 0 saturated carbocycles. The molecule has 0 bridgehead atoms. The second-order valence-corrected chi connectivity index (χ2v) is 5.53. The second kappa shape index (κ2) is 6.85. The summed E-state index contributed by atoms with van der Waals surface area (Å²) in [7, 11) is 0. The molecule has 1 saturated heterocycles. The quantitative estimate of drug-likeness (QED) is 0.789. The Labute approximate surface area is 127 Å². The number of aliphatic hydroxyl groups is 1. The van der Waals surface area contributed by atoms with Crippen LogP contribution in [0.3, 0.4) is 0 Å². The van der Waals surface area contributed by atoms with Gasteiger partial charge in [0.05, 0.1) is 32.0 Å². The van der Waals surface area contributed by atoms with E-state index in [1.807, 2.05) is 0 Å². The molecule has 0 aromatic heterocycles. The largest absolute Gasteiger partial charge is 0.494 e. The maximum absolute atomic E-state index is 12.0. The SMILES string of the molecule is NC1(c2ccc(OCCCC(F)(F)F)cc2)COCC1CO. The second-order valence-electron chi connectivity index (χ2n) is 5.53. The van der Waals surface area contributed by atoms with Gasteiger partial charge in [-0.1, -0.05) is 12.1 Å². The molecule has 4 nitrogen and oxygen atoms in total. The Hall–Kier alpha value is -1.31. The predicted octanol–water partition coefficient (Wildman–Crippen LogP) is 2.20. The summed E-state index contributed by atoms with van der Waals surface area (Å²) in [5.74, 6) is 0.319. The van der Waals surface area contributed by atoms with Gasteiger partial charge in [-0.3, -0.25) is 0 Å². The van der Waals surface area contributed by atoms with Gasteiger partial charge in [0.1, 0.15) is 5.75 Å². The molecule has 124 valence electrons. The van der Waals surface area contributed by atoms with Crippen LogP contribution in [0.4, 0.5) is 13.2 Å². The van der Waals surface area contributed by atoms with Gasteiger partial charge in [0.25, 0.3) is 0 Å². The fourth-order valence-electron chi connectivity index (χ4n) is 2.50. The summed E-state index contributed by atoms with van der Waals surface area (Å²) in [6, 6.07) is 6.86. The number of aliphatic hydroxyl groups excluding tert-OH is 1. The van der Waals surface area contributed by atoms with Gasteiger partial charge in [0.15, 0.2) is 0 Å². The van der Waals surface area contributed by atoms with E-state index in [0.717, 1.165) is 5.56 Å². The van der Waals surface area contributed by atoms with Gasteiger partial charge in [-0.2, -0.15) is 13.2 Å². The Morgan fingerprint density at radius 2 is 2.00 bits per heavy atom. The molecule has 3 N–H and O–H groups in total. The van der Waals surface area contributed by atoms with Gasteiger partial charge < -0.3 is 20.3 Å². The highest BCUT2D eigenvalue weighted by atomic mass is 19.4. The molecule has 2 atom stereocenters. The van der Waals surface area contributed by atoms with Crippen molar-refractivity contribution in [2.24, 2.45) is 11.7 Å². The summed E-state index contributed by atoms with van der Waals surface area (Å²) in [6.07, 6.45) is -5.08. The van der Waals surface area contributed by atoms with E-state index in [-0.39, 0.29) is 25.6 Å². The first-order valence-corrected chi connectivity index (χ1v) is 7.13. The van der Waals surface area contributed by atoms with Crippen LogP contribution in [-0.4, -0.2) is 37.7 Å². The van der Waals surface area contributed by atoms with Crippen LogP contribution >= 0.6 is 0 Å². The Morgan fingerprint density at radius 1 is 1.32 bits per heavy atom. The fourth-order valence-corrected chi connectivity index (χ4v) is 2.50. The Balaban J connectivity index is 1.90. The maximum atomic E-state index is 12.0. The Bertz CT molecular complexity index is 478. The van der Waals surface area contributed by atoms with E-state index in [4.69, 9.17) is 15.2 Å². The van der Waals surface area contributed by atoms with Gasteiger partial charge in [0, 0.05) is 12.3 Å². The summed E-state index contributed by atoms with van der Waals surface area (Å²) >= 11 is 0. The average Bonchev–Trinajstić information content (AvgIpc) is 2.85. The van der Waals surface area contributed by atoms with E-state index < -0.39 is 18.1 Å². The molecule has 0 spiro atoms. The minimum absolute atomic E-state index is 0.00893. The van der Waals surface area contributed by atoms with E-state index in [9.17, 15) is 18.3 Å². The number of hydrogen-bond acceptors (Lipinski definition) is 4. The number of ether oxygens (including phenoxy) is 2. The third-order valence-corrected chi connectivity index (χ3v) is 3.87. The van der Waals surface area contributed by atoms with Crippen molar-refractivity contribution in [2.45, 2.75) is 24.6 Å². The molecule has 1 aliphatic rings. The molecule has 1 heterocycles. The minimum Gasteiger partial charge on any atom is -0.494 e. The van der Waals surface area contributed by atoms with Crippen molar-refractivity contribution >= 4 is 0 Å². The predicted molar refractivity (Wildman–Crippen MR) is 74.5 cm³/mol. The zero-order valence-electron chi connectivity index (χ0n) is 12.1. The van der Waals surface area contributed by atoms with Gasteiger partial charge in [0.2, 0.25) is 0 Å². The number of benzene rings is 1. The van der Waals surface area contributed by atoms with Crippen molar-refractivity contribution in [3.05, 3.63) is 29.8 Å². The van der Waals surface area contributed by atoms with Crippen LogP contribution in [0.5, 0.6) is 5.75 Å². The van der Waals surface area contributed by atoms with Crippen molar-refractivity contribution in [1.29, 1.82) is 0 Å². The van der Waals surface area contributed by atoms with Crippen molar-refractivity contribution in [3.8, 4) is 5.75 Å². The van der Waals surface area contributed by atoms with E-state index in [0.29, 0.717) is 19.0 Å². The lowest BCUT2D eigenvalue weighted by atomic mass is 9.82. The lowest BCUT2D eigenvalue weighted by Gasteiger charge is -2.28. The first-order chi connectivity index (χ1) is 10.3. The number of hydrogen-bond donors (Lipinski definition) is 2. The average molecular weight is 319 g/mol. The van der Waals surface area contributed by atoms with Crippen LogP contribution in [0.25, 0.3) is 0 Å². The summed E-state index contributed by atoms with van der Waals surface area (Å²) in [4.78, 5) is 0.